The van der Waals surface area contributed by atoms with E-state index in [1.807, 2.05) is 0 Å². The SMILES string of the molecule is CC(=O)c1ccccc1N(C)CCC(F)(F)F. The number of alkyl halides is 3. The number of benzene rings is 1. The number of para-hydroxylation sites is 1. The number of hydrogen-bond donors (Lipinski definition) is 0. The van der Waals surface area contributed by atoms with E-state index < -0.39 is 12.6 Å². The van der Waals surface area contributed by atoms with E-state index in [9.17, 15) is 18.0 Å². The topological polar surface area (TPSA) is 20.3 Å². The fourth-order valence-electron chi connectivity index (χ4n) is 1.52. The number of carbonyl (C=O) groups is 1. The van der Waals surface area contributed by atoms with Gasteiger partial charge in [-0.25, -0.2) is 0 Å². The number of nitrogens with zero attached hydrogens (tertiary/aromatic N) is 1. The van der Waals surface area contributed by atoms with E-state index in [1.54, 1.807) is 31.3 Å². The lowest BCUT2D eigenvalue weighted by atomic mass is 10.1. The lowest BCUT2D eigenvalue weighted by Gasteiger charge is -2.22. The van der Waals surface area contributed by atoms with E-state index in [0.717, 1.165) is 0 Å². The van der Waals surface area contributed by atoms with Gasteiger partial charge in [-0.1, -0.05) is 12.1 Å². The molecule has 0 atom stereocenters. The molecule has 0 radical (unpaired) electrons. The number of rotatable bonds is 4. The summed E-state index contributed by atoms with van der Waals surface area (Å²) in [7, 11) is 1.55. The van der Waals surface area contributed by atoms with Crippen molar-refractivity contribution in [1.82, 2.24) is 0 Å². The average Bonchev–Trinajstić information content (AvgIpc) is 2.25. The van der Waals surface area contributed by atoms with Gasteiger partial charge in [-0.05, 0) is 19.1 Å². The van der Waals surface area contributed by atoms with Gasteiger partial charge in [0.25, 0.3) is 0 Å². The van der Waals surface area contributed by atoms with Gasteiger partial charge in [0.05, 0.1) is 6.42 Å². The van der Waals surface area contributed by atoms with E-state index in [4.69, 9.17) is 0 Å². The van der Waals surface area contributed by atoms with Crippen LogP contribution in [-0.4, -0.2) is 25.6 Å². The smallest absolute Gasteiger partial charge is 0.374 e. The van der Waals surface area contributed by atoms with Crippen molar-refractivity contribution < 1.29 is 18.0 Å². The molecule has 17 heavy (non-hydrogen) atoms. The Labute approximate surface area is 98.0 Å². The predicted molar refractivity (Wildman–Crippen MR) is 60.4 cm³/mol. The fraction of sp³-hybridized carbons (Fsp3) is 0.417. The molecule has 1 aromatic carbocycles. The highest BCUT2D eigenvalue weighted by Gasteiger charge is 2.27. The number of anilines is 1. The molecule has 0 fully saturated rings. The van der Waals surface area contributed by atoms with Crippen LogP contribution in [0.5, 0.6) is 0 Å². The van der Waals surface area contributed by atoms with E-state index in [1.165, 1.54) is 11.8 Å². The lowest BCUT2D eigenvalue weighted by molar-refractivity contribution is -0.132. The summed E-state index contributed by atoms with van der Waals surface area (Å²) in [5, 5.41) is 0. The fourth-order valence-corrected chi connectivity index (χ4v) is 1.52. The third-order valence-electron chi connectivity index (χ3n) is 2.43. The maximum Gasteiger partial charge on any atom is 0.390 e. The normalized spacial score (nSPS) is 11.4. The van der Waals surface area contributed by atoms with Crippen molar-refractivity contribution in [3.05, 3.63) is 29.8 Å². The first-order valence-electron chi connectivity index (χ1n) is 5.19. The zero-order valence-corrected chi connectivity index (χ0v) is 9.71. The molecule has 0 heterocycles. The Morgan fingerprint density at radius 1 is 1.29 bits per heavy atom. The van der Waals surface area contributed by atoms with Crippen LogP contribution in [0.1, 0.15) is 23.7 Å². The minimum atomic E-state index is -4.18. The maximum absolute atomic E-state index is 12.1. The molecular formula is C12H14F3NO. The summed E-state index contributed by atoms with van der Waals surface area (Å²) in [5.74, 6) is -0.153. The quantitative estimate of drug-likeness (QED) is 0.759. The molecule has 5 heteroatoms. The Bertz CT molecular complexity index is 401. The van der Waals surface area contributed by atoms with E-state index in [-0.39, 0.29) is 12.3 Å². The molecule has 0 saturated heterocycles. The van der Waals surface area contributed by atoms with Gasteiger partial charge < -0.3 is 4.90 Å². The van der Waals surface area contributed by atoms with Crippen LogP contribution < -0.4 is 4.90 Å². The Kier molecular flexibility index (Phi) is 4.15. The Balaban J connectivity index is 2.82. The molecule has 0 N–H and O–H groups in total. The van der Waals surface area contributed by atoms with Crippen LogP contribution in [0.2, 0.25) is 0 Å². The van der Waals surface area contributed by atoms with Crippen molar-refractivity contribution in [1.29, 1.82) is 0 Å². The molecule has 0 bridgehead atoms. The van der Waals surface area contributed by atoms with Crippen LogP contribution in [-0.2, 0) is 0 Å². The minimum absolute atomic E-state index is 0.153. The molecule has 0 aliphatic carbocycles. The molecule has 2 nitrogen and oxygen atoms in total. The molecule has 1 rings (SSSR count). The molecule has 0 aromatic heterocycles. The van der Waals surface area contributed by atoms with Gasteiger partial charge in [0.1, 0.15) is 0 Å². The zero-order chi connectivity index (χ0) is 13.1. The van der Waals surface area contributed by atoms with Gasteiger partial charge in [0.15, 0.2) is 5.78 Å². The van der Waals surface area contributed by atoms with Gasteiger partial charge in [0.2, 0.25) is 0 Å². The molecule has 0 unspecified atom stereocenters. The Morgan fingerprint density at radius 2 is 1.88 bits per heavy atom. The predicted octanol–water partition coefficient (Wildman–Crippen LogP) is 3.28. The van der Waals surface area contributed by atoms with E-state index in [2.05, 4.69) is 0 Å². The number of carbonyl (C=O) groups excluding carboxylic acids is 1. The van der Waals surface area contributed by atoms with E-state index >= 15 is 0 Å². The first kappa shape index (κ1) is 13.5. The van der Waals surface area contributed by atoms with Crippen LogP contribution in [0.15, 0.2) is 24.3 Å². The van der Waals surface area contributed by atoms with E-state index in [0.29, 0.717) is 11.3 Å². The summed E-state index contributed by atoms with van der Waals surface area (Å²) in [6.07, 6.45) is -5.07. The number of ketones is 1. The summed E-state index contributed by atoms with van der Waals surface area (Å²) >= 11 is 0. The standard InChI is InChI=1S/C12H14F3NO/c1-9(17)10-5-3-4-6-11(10)16(2)8-7-12(13,14)15/h3-6H,7-8H2,1-2H3. The first-order chi connectivity index (χ1) is 7.81. The van der Waals surface area contributed by atoms with Crippen molar-refractivity contribution >= 4 is 11.5 Å². The molecule has 0 amide bonds. The minimum Gasteiger partial charge on any atom is -0.374 e. The summed E-state index contributed by atoms with van der Waals surface area (Å²) in [6.45, 7) is 1.24. The van der Waals surface area contributed by atoms with Gasteiger partial charge in [-0.15, -0.1) is 0 Å². The Hall–Kier alpha value is -1.52. The third kappa shape index (κ3) is 4.09. The second-order valence-electron chi connectivity index (χ2n) is 3.86. The van der Waals surface area contributed by atoms with Crippen molar-refractivity contribution in [3.63, 3.8) is 0 Å². The van der Waals surface area contributed by atoms with Crippen LogP contribution in [0.25, 0.3) is 0 Å². The molecule has 94 valence electrons. The summed E-state index contributed by atoms with van der Waals surface area (Å²) in [4.78, 5) is 12.8. The third-order valence-corrected chi connectivity index (χ3v) is 2.43. The largest absolute Gasteiger partial charge is 0.390 e. The van der Waals surface area contributed by atoms with Gasteiger partial charge >= 0.3 is 6.18 Å². The molecule has 0 aliphatic heterocycles. The van der Waals surface area contributed by atoms with Crippen LogP contribution in [0, 0.1) is 0 Å². The van der Waals surface area contributed by atoms with Gasteiger partial charge in [-0.3, -0.25) is 4.79 Å². The molecule has 0 spiro atoms. The average molecular weight is 245 g/mol. The van der Waals surface area contributed by atoms with Crippen molar-refractivity contribution in [2.24, 2.45) is 0 Å². The number of halogens is 3. The van der Waals surface area contributed by atoms with Gasteiger partial charge in [0, 0.05) is 24.8 Å². The molecular weight excluding hydrogens is 231 g/mol. The van der Waals surface area contributed by atoms with Crippen LogP contribution in [0.4, 0.5) is 18.9 Å². The lowest BCUT2D eigenvalue weighted by Crippen LogP contribution is -2.25. The first-order valence-corrected chi connectivity index (χ1v) is 5.19. The summed E-state index contributed by atoms with van der Waals surface area (Å²) in [6, 6.07) is 6.65. The van der Waals surface area contributed by atoms with Crippen LogP contribution >= 0.6 is 0 Å². The second kappa shape index (κ2) is 5.21. The second-order valence-corrected chi connectivity index (χ2v) is 3.86. The zero-order valence-electron chi connectivity index (χ0n) is 9.71. The highest BCUT2D eigenvalue weighted by molar-refractivity contribution is 5.99. The number of Topliss-reactive ketones (excluding diaryl/α,β-unsaturated/α-hetero) is 1. The maximum atomic E-state index is 12.1. The summed E-state index contributed by atoms with van der Waals surface area (Å²) < 4.78 is 36.3. The molecule has 1 aromatic rings. The highest BCUT2D eigenvalue weighted by atomic mass is 19.4. The van der Waals surface area contributed by atoms with Crippen molar-refractivity contribution in [2.45, 2.75) is 19.5 Å². The number of hydrogen-bond acceptors (Lipinski definition) is 2. The monoisotopic (exact) mass is 245 g/mol. The molecule has 0 aliphatic rings. The summed E-state index contributed by atoms with van der Waals surface area (Å²) in [5.41, 5.74) is 0.974. The Morgan fingerprint density at radius 3 is 2.41 bits per heavy atom. The van der Waals surface area contributed by atoms with Crippen molar-refractivity contribution in [3.8, 4) is 0 Å². The van der Waals surface area contributed by atoms with Gasteiger partial charge in [-0.2, -0.15) is 13.2 Å². The highest BCUT2D eigenvalue weighted by Crippen LogP contribution is 2.24. The molecule has 0 saturated carbocycles. The van der Waals surface area contributed by atoms with Crippen LogP contribution in [0.3, 0.4) is 0 Å². The van der Waals surface area contributed by atoms with Crippen molar-refractivity contribution in [2.75, 3.05) is 18.5 Å².